The molecule has 7 nitrogen and oxygen atoms in total. The van der Waals surface area contributed by atoms with Gasteiger partial charge in [0.2, 0.25) is 5.91 Å². The first kappa shape index (κ1) is 21.2. The minimum Gasteiger partial charge on any atom is -0.462 e. The second-order valence-corrected chi connectivity index (χ2v) is 8.70. The van der Waals surface area contributed by atoms with Crippen molar-refractivity contribution in [1.82, 2.24) is 4.90 Å². The minimum absolute atomic E-state index is 0.0159. The van der Waals surface area contributed by atoms with Crippen LogP contribution in [0.1, 0.15) is 74.1 Å². The van der Waals surface area contributed by atoms with Crippen molar-refractivity contribution in [2.24, 2.45) is 0 Å². The summed E-state index contributed by atoms with van der Waals surface area (Å²) in [6.07, 6.45) is 4.82. The van der Waals surface area contributed by atoms with Crippen molar-refractivity contribution in [3.63, 3.8) is 0 Å². The number of fused-ring (bicyclic) bond motifs is 2. The lowest BCUT2D eigenvalue weighted by Gasteiger charge is -2.13. The van der Waals surface area contributed by atoms with E-state index < -0.39 is 5.97 Å². The number of anilines is 1. The van der Waals surface area contributed by atoms with Crippen molar-refractivity contribution in [2.75, 3.05) is 18.5 Å². The standard InChI is InChI=1S/C23H24N2O5S/c1-2-30-23(29)19-16-10-4-3-5-11-17(16)31-20(19)24-18(26)12-13-25-21(27)14-8-6-7-9-15(14)22(25)28/h6-9H,2-5,10-13H2,1H3,(H,24,26). The summed E-state index contributed by atoms with van der Waals surface area (Å²) in [6.45, 7) is 2.00. The van der Waals surface area contributed by atoms with Gasteiger partial charge in [0.15, 0.2) is 0 Å². The third-order valence-corrected chi connectivity index (χ3v) is 6.80. The van der Waals surface area contributed by atoms with Gasteiger partial charge in [0.1, 0.15) is 5.00 Å². The van der Waals surface area contributed by atoms with Gasteiger partial charge in [-0.15, -0.1) is 11.3 Å². The van der Waals surface area contributed by atoms with Crippen molar-refractivity contribution in [2.45, 2.75) is 45.4 Å². The Bertz CT molecular complexity index is 1020. The molecule has 0 fully saturated rings. The van der Waals surface area contributed by atoms with Crippen LogP contribution in [-0.2, 0) is 22.4 Å². The summed E-state index contributed by atoms with van der Waals surface area (Å²) in [4.78, 5) is 52.4. The van der Waals surface area contributed by atoms with E-state index in [2.05, 4.69) is 5.32 Å². The van der Waals surface area contributed by atoms with Gasteiger partial charge in [-0.25, -0.2) is 4.79 Å². The Morgan fingerprint density at radius 3 is 2.42 bits per heavy atom. The normalized spacial score (nSPS) is 15.3. The third-order valence-electron chi connectivity index (χ3n) is 5.59. The first-order valence-corrected chi connectivity index (χ1v) is 11.4. The quantitative estimate of drug-likeness (QED) is 0.419. The molecule has 2 aliphatic rings. The van der Waals surface area contributed by atoms with Crippen LogP contribution in [-0.4, -0.2) is 41.7 Å². The van der Waals surface area contributed by atoms with E-state index >= 15 is 0 Å². The molecule has 3 amide bonds. The van der Waals surface area contributed by atoms with Gasteiger partial charge in [-0.1, -0.05) is 18.6 Å². The topological polar surface area (TPSA) is 92.8 Å². The van der Waals surface area contributed by atoms with E-state index in [4.69, 9.17) is 4.74 Å². The molecule has 0 saturated heterocycles. The number of carbonyl (C=O) groups excluding carboxylic acids is 4. The summed E-state index contributed by atoms with van der Waals surface area (Å²) in [7, 11) is 0. The predicted octanol–water partition coefficient (Wildman–Crippen LogP) is 3.82. The molecule has 1 aliphatic carbocycles. The number of esters is 1. The molecule has 162 valence electrons. The number of rotatable bonds is 6. The number of nitrogens with zero attached hydrogens (tertiary/aromatic N) is 1. The molecule has 8 heteroatoms. The number of thiophene rings is 1. The molecule has 2 heterocycles. The van der Waals surface area contributed by atoms with Gasteiger partial charge in [-0.3, -0.25) is 19.3 Å². The Balaban J connectivity index is 1.47. The maximum Gasteiger partial charge on any atom is 0.341 e. The molecule has 0 bridgehead atoms. The molecule has 0 atom stereocenters. The van der Waals surface area contributed by atoms with E-state index in [0.29, 0.717) is 21.7 Å². The second-order valence-electron chi connectivity index (χ2n) is 7.59. The lowest BCUT2D eigenvalue weighted by Crippen LogP contribution is -2.33. The first-order chi connectivity index (χ1) is 15.0. The summed E-state index contributed by atoms with van der Waals surface area (Å²) in [5.74, 6) is -1.54. The average Bonchev–Trinajstić information content (AvgIpc) is 3.09. The number of imide groups is 1. The molecule has 4 rings (SSSR count). The van der Waals surface area contributed by atoms with Gasteiger partial charge in [0.25, 0.3) is 11.8 Å². The predicted molar refractivity (Wildman–Crippen MR) is 117 cm³/mol. The van der Waals surface area contributed by atoms with Crippen LogP contribution in [0.2, 0.25) is 0 Å². The molecule has 0 unspecified atom stereocenters. The number of amides is 3. The fourth-order valence-electron chi connectivity index (χ4n) is 4.09. The monoisotopic (exact) mass is 440 g/mol. The number of hydrogen-bond acceptors (Lipinski definition) is 6. The van der Waals surface area contributed by atoms with Gasteiger partial charge in [-0.05, 0) is 50.3 Å². The molecule has 1 aromatic heterocycles. The number of benzene rings is 1. The lowest BCUT2D eigenvalue weighted by molar-refractivity contribution is -0.116. The molecule has 0 spiro atoms. The summed E-state index contributed by atoms with van der Waals surface area (Å²) < 4.78 is 5.24. The highest BCUT2D eigenvalue weighted by Gasteiger charge is 2.35. The molecule has 2 aromatic rings. The SMILES string of the molecule is CCOC(=O)c1c(NC(=O)CCN2C(=O)c3ccccc3C2=O)sc2c1CCCCC2. The maximum atomic E-state index is 12.7. The third kappa shape index (κ3) is 4.12. The van der Waals surface area contributed by atoms with Gasteiger partial charge in [-0.2, -0.15) is 0 Å². The van der Waals surface area contributed by atoms with E-state index in [1.54, 1.807) is 31.2 Å². The van der Waals surface area contributed by atoms with E-state index in [1.807, 2.05) is 0 Å². The number of ether oxygens (including phenoxy) is 1. The van der Waals surface area contributed by atoms with Gasteiger partial charge in [0, 0.05) is 17.8 Å². The maximum absolute atomic E-state index is 12.7. The van der Waals surface area contributed by atoms with Crippen LogP contribution in [0.4, 0.5) is 5.00 Å². The molecular formula is C23H24N2O5S. The zero-order valence-corrected chi connectivity index (χ0v) is 18.2. The van der Waals surface area contributed by atoms with Crippen molar-refractivity contribution in [3.8, 4) is 0 Å². The molecule has 0 saturated carbocycles. The number of nitrogens with one attached hydrogen (secondary N) is 1. The Morgan fingerprint density at radius 2 is 1.74 bits per heavy atom. The average molecular weight is 441 g/mol. The minimum atomic E-state index is -0.419. The summed E-state index contributed by atoms with van der Waals surface area (Å²) in [5, 5.41) is 3.33. The highest BCUT2D eigenvalue weighted by molar-refractivity contribution is 7.17. The molecule has 1 N–H and O–H groups in total. The van der Waals surface area contributed by atoms with Crippen LogP contribution in [0.3, 0.4) is 0 Å². The van der Waals surface area contributed by atoms with Crippen LogP contribution in [0.15, 0.2) is 24.3 Å². The Kier molecular flexibility index (Phi) is 6.18. The van der Waals surface area contributed by atoms with Crippen LogP contribution in [0.25, 0.3) is 0 Å². The largest absolute Gasteiger partial charge is 0.462 e. The highest BCUT2D eigenvalue weighted by Crippen LogP contribution is 2.38. The summed E-state index contributed by atoms with van der Waals surface area (Å²) in [5.41, 5.74) is 2.16. The highest BCUT2D eigenvalue weighted by atomic mass is 32.1. The molecular weight excluding hydrogens is 416 g/mol. The molecule has 1 aliphatic heterocycles. The smallest absolute Gasteiger partial charge is 0.341 e. The summed E-state index contributed by atoms with van der Waals surface area (Å²) in [6, 6.07) is 6.63. The van der Waals surface area contributed by atoms with E-state index in [0.717, 1.165) is 47.4 Å². The van der Waals surface area contributed by atoms with Crippen LogP contribution in [0.5, 0.6) is 0 Å². The molecule has 1 aromatic carbocycles. The van der Waals surface area contributed by atoms with E-state index in [9.17, 15) is 19.2 Å². The van der Waals surface area contributed by atoms with Gasteiger partial charge < -0.3 is 10.1 Å². The van der Waals surface area contributed by atoms with E-state index in [-0.39, 0.29) is 37.3 Å². The first-order valence-electron chi connectivity index (χ1n) is 10.6. The van der Waals surface area contributed by atoms with Crippen molar-refractivity contribution >= 4 is 40.0 Å². The Hall–Kier alpha value is -3.00. The zero-order valence-electron chi connectivity index (χ0n) is 17.4. The van der Waals surface area contributed by atoms with Crippen LogP contribution >= 0.6 is 11.3 Å². The molecule has 0 radical (unpaired) electrons. The Labute approximate surface area is 184 Å². The fourth-order valence-corrected chi connectivity index (χ4v) is 5.39. The van der Waals surface area contributed by atoms with Gasteiger partial charge in [0.05, 0.1) is 23.3 Å². The number of hydrogen-bond donors (Lipinski definition) is 1. The van der Waals surface area contributed by atoms with Crippen LogP contribution < -0.4 is 5.32 Å². The second kappa shape index (κ2) is 9.01. The number of carbonyl (C=O) groups is 4. The van der Waals surface area contributed by atoms with E-state index in [1.165, 1.54) is 11.3 Å². The lowest BCUT2D eigenvalue weighted by atomic mass is 10.1. The van der Waals surface area contributed by atoms with Crippen molar-refractivity contribution in [1.29, 1.82) is 0 Å². The summed E-state index contributed by atoms with van der Waals surface area (Å²) >= 11 is 1.43. The van der Waals surface area contributed by atoms with Crippen molar-refractivity contribution < 1.29 is 23.9 Å². The molecule has 31 heavy (non-hydrogen) atoms. The fraction of sp³-hybridized carbons (Fsp3) is 0.391. The Morgan fingerprint density at radius 1 is 1.06 bits per heavy atom. The van der Waals surface area contributed by atoms with Crippen LogP contribution in [0, 0.1) is 0 Å². The number of aryl methyl sites for hydroxylation is 1. The van der Waals surface area contributed by atoms with Gasteiger partial charge >= 0.3 is 5.97 Å². The zero-order chi connectivity index (χ0) is 22.0. The van der Waals surface area contributed by atoms with Crippen molar-refractivity contribution in [3.05, 3.63) is 51.4 Å².